The van der Waals surface area contributed by atoms with E-state index in [0.29, 0.717) is 6.54 Å². The lowest BCUT2D eigenvalue weighted by molar-refractivity contribution is -0.143. The van der Waals surface area contributed by atoms with Crippen molar-refractivity contribution in [2.45, 2.75) is 31.7 Å². The summed E-state index contributed by atoms with van der Waals surface area (Å²) in [5, 5.41) is 0. The minimum atomic E-state index is -0.260. The Hall–Kier alpha value is -1.32. The molecule has 1 aliphatic heterocycles. The summed E-state index contributed by atoms with van der Waals surface area (Å²) >= 11 is 0. The molecule has 1 atom stereocenters. The fourth-order valence-electron chi connectivity index (χ4n) is 1.90. The van der Waals surface area contributed by atoms with Gasteiger partial charge in [-0.3, -0.25) is 9.59 Å². The Morgan fingerprint density at radius 1 is 1.53 bits per heavy atom. The molecular formula is C11H17NO3. The third kappa shape index (κ3) is 3.08. The minimum Gasteiger partial charge on any atom is -0.469 e. The summed E-state index contributed by atoms with van der Waals surface area (Å²) in [6.07, 6.45) is 4.51. The van der Waals surface area contributed by atoms with Gasteiger partial charge in [-0.2, -0.15) is 0 Å². The quantitative estimate of drug-likeness (QED) is 0.519. The van der Waals surface area contributed by atoms with Crippen molar-refractivity contribution < 1.29 is 14.3 Å². The molecular weight excluding hydrogens is 194 g/mol. The molecule has 0 aliphatic carbocycles. The van der Waals surface area contributed by atoms with Crippen LogP contribution < -0.4 is 0 Å². The molecule has 15 heavy (non-hydrogen) atoms. The Morgan fingerprint density at radius 2 is 2.27 bits per heavy atom. The number of hydrogen-bond acceptors (Lipinski definition) is 3. The van der Waals surface area contributed by atoms with Crippen LogP contribution in [0.1, 0.15) is 25.7 Å². The Morgan fingerprint density at radius 3 is 2.87 bits per heavy atom. The monoisotopic (exact) mass is 211 g/mol. The molecule has 1 saturated heterocycles. The topological polar surface area (TPSA) is 46.6 Å². The predicted molar refractivity (Wildman–Crippen MR) is 56.2 cm³/mol. The molecule has 1 heterocycles. The number of hydrogen-bond donors (Lipinski definition) is 0. The van der Waals surface area contributed by atoms with Crippen molar-refractivity contribution in [1.29, 1.82) is 0 Å². The van der Waals surface area contributed by atoms with E-state index in [-0.39, 0.29) is 24.3 Å². The highest BCUT2D eigenvalue weighted by molar-refractivity contribution is 5.87. The molecule has 1 fully saturated rings. The predicted octanol–water partition coefficient (Wildman–Crippen LogP) is 1.12. The van der Waals surface area contributed by atoms with E-state index in [1.807, 2.05) is 0 Å². The third-order valence-electron chi connectivity index (χ3n) is 2.71. The van der Waals surface area contributed by atoms with Crippen LogP contribution in [0, 0.1) is 0 Å². The molecule has 0 aromatic carbocycles. The van der Waals surface area contributed by atoms with Gasteiger partial charge in [0.1, 0.15) is 0 Å². The van der Waals surface area contributed by atoms with E-state index < -0.39 is 0 Å². The van der Waals surface area contributed by atoms with Crippen LogP contribution in [0.4, 0.5) is 0 Å². The van der Waals surface area contributed by atoms with Gasteiger partial charge in [-0.15, -0.1) is 0 Å². The van der Waals surface area contributed by atoms with Crippen molar-refractivity contribution in [3.63, 3.8) is 0 Å². The average Bonchev–Trinajstić information content (AvgIpc) is 2.28. The summed E-state index contributed by atoms with van der Waals surface area (Å²) in [7, 11) is 1.37. The zero-order valence-corrected chi connectivity index (χ0v) is 9.07. The van der Waals surface area contributed by atoms with Crippen LogP contribution in [-0.2, 0) is 14.3 Å². The highest BCUT2D eigenvalue weighted by Crippen LogP contribution is 2.20. The van der Waals surface area contributed by atoms with Gasteiger partial charge in [0.05, 0.1) is 13.5 Å². The standard InChI is InChI=1S/C11H17NO3/c1-3-10(13)12-7-5-4-6-9(12)8-11(14)15-2/h3,9H,1,4-8H2,2H3. The van der Waals surface area contributed by atoms with Crippen molar-refractivity contribution in [2.24, 2.45) is 0 Å². The van der Waals surface area contributed by atoms with E-state index in [4.69, 9.17) is 0 Å². The molecule has 4 nitrogen and oxygen atoms in total. The number of carbonyl (C=O) groups excluding carboxylic acids is 2. The maximum atomic E-state index is 11.5. The van der Waals surface area contributed by atoms with Crippen molar-refractivity contribution >= 4 is 11.9 Å². The smallest absolute Gasteiger partial charge is 0.307 e. The molecule has 0 radical (unpaired) electrons. The number of esters is 1. The van der Waals surface area contributed by atoms with Crippen molar-refractivity contribution in [2.75, 3.05) is 13.7 Å². The molecule has 1 amide bonds. The van der Waals surface area contributed by atoms with Crippen molar-refractivity contribution in [1.82, 2.24) is 4.90 Å². The van der Waals surface area contributed by atoms with Gasteiger partial charge >= 0.3 is 5.97 Å². The Bertz CT molecular complexity index is 263. The summed E-state index contributed by atoms with van der Waals surface area (Å²) in [5.74, 6) is -0.354. The molecule has 0 spiro atoms. The van der Waals surface area contributed by atoms with Gasteiger partial charge in [0.2, 0.25) is 5.91 Å². The molecule has 0 saturated carbocycles. The number of methoxy groups -OCH3 is 1. The number of carbonyl (C=O) groups is 2. The summed E-state index contributed by atoms with van der Waals surface area (Å²) in [6.45, 7) is 4.18. The van der Waals surface area contributed by atoms with Gasteiger partial charge in [-0.25, -0.2) is 0 Å². The van der Waals surface area contributed by atoms with E-state index in [0.717, 1.165) is 19.3 Å². The number of likely N-dealkylation sites (tertiary alicyclic amines) is 1. The van der Waals surface area contributed by atoms with Crippen LogP contribution in [0.25, 0.3) is 0 Å². The summed E-state index contributed by atoms with van der Waals surface area (Å²) in [6, 6.07) is -0.0169. The van der Waals surface area contributed by atoms with Crippen LogP contribution in [-0.4, -0.2) is 36.5 Å². The normalized spacial score (nSPS) is 20.9. The second-order valence-electron chi connectivity index (χ2n) is 3.67. The molecule has 0 aromatic heterocycles. The number of ether oxygens (including phenoxy) is 1. The number of piperidine rings is 1. The lowest BCUT2D eigenvalue weighted by Gasteiger charge is -2.34. The molecule has 1 aliphatic rings. The molecule has 0 N–H and O–H groups in total. The van der Waals surface area contributed by atoms with Crippen LogP contribution in [0.3, 0.4) is 0 Å². The van der Waals surface area contributed by atoms with Gasteiger partial charge in [-0.05, 0) is 25.3 Å². The molecule has 4 heteroatoms. The summed E-state index contributed by atoms with van der Waals surface area (Å²) in [5.41, 5.74) is 0. The van der Waals surface area contributed by atoms with Gasteiger partial charge in [0.15, 0.2) is 0 Å². The molecule has 0 aromatic rings. The molecule has 1 unspecified atom stereocenters. The minimum absolute atomic E-state index is 0.0169. The third-order valence-corrected chi connectivity index (χ3v) is 2.71. The highest BCUT2D eigenvalue weighted by atomic mass is 16.5. The largest absolute Gasteiger partial charge is 0.469 e. The fourth-order valence-corrected chi connectivity index (χ4v) is 1.90. The first kappa shape index (κ1) is 11.8. The zero-order chi connectivity index (χ0) is 11.3. The first-order valence-corrected chi connectivity index (χ1v) is 5.19. The van der Waals surface area contributed by atoms with Crippen molar-refractivity contribution in [3.05, 3.63) is 12.7 Å². The summed E-state index contributed by atoms with van der Waals surface area (Å²) < 4.78 is 4.61. The molecule has 84 valence electrons. The Balaban J connectivity index is 2.61. The number of amides is 1. The van der Waals surface area contributed by atoms with Crippen molar-refractivity contribution in [3.8, 4) is 0 Å². The lowest BCUT2D eigenvalue weighted by Crippen LogP contribution is -2.44. The Labute approximate surface area is 89.9 Å². The molecule has 0 bridgehead atoms. The highest BCUT2D eigenvalue weighted by Gasteiger charge is 2.27. The second kappa shape index (κ2) is 5.53. The van der Waals surface area contributed by atoms with E-state index in [9.17, 15) is 9.59 Å². The summed E-state index contributed by atoms with van der Waals surface area (Å²) in [4.78, 5) is 24.4. The van der Waals surface area contributed by atoms with Crippen LogP contribution >= 0.6 is 0 Å². The van der Waals surface area contributed by atoms with E-state index in [1.54, 1.807) is 4.90 Å². The number of rotatable bonds is 3. The Kier molecular flexibility index (Phi) is 4.34. The maximum absolute atomic E-state index is 11.5. The van der Waals surface area contributed by atoms with Gasteiger partial charge in [-0.1, -0.05) is 6.58 Å². The van der Waals surface area contributed by atoms with Crippen LogP contribution in [0.2, 0.25) is 0 Å². The zero-order valence-electron chi connectivity index (χ0n) is 9.07. The van der Waals surface area contributed by atoms with Gasteiger partial charge in [0.25, 0.3) is 0 Å². The van der Waals surface area contributed by atoms with Crippen LogP contribution in [0.15, 0.2) is 12.7 Å². The maximum Gasteiger partial charge on any atom is 0.307 e. The van der Waals surface area contributed by atoms with Crippen LogP contribution in [0.5, 0.6) is 0 Å². The fraction of sp³-hybridized carbons (Fsp3) is 0.636. The second-order valence-corrected chi connectivity index (χ2v) is 3.67. The molecule has 1 rings (SSSR count). The SMILES string of the molecule is C=CC(=O)N1CCCCC1CC(=O)OC. The van der Waals surface area contributed by atoms with E-state index >= 15 is 0 Å². The first-order chi connectivity index (χ1) is 7.19. The van der Waals surface area contributed by atoms with Gasteiger partial charge in [0, 0.05) is 12.6 Å². The van der Waals surface area contributed by atoms with E-state index in [2.05, 4.69) is 11.3 Å². The van der Waals surface area contributed by atoms with Gasteiger partial charge < -0.3 is 9.64 Å². The van der Waals surface area contributed by atoms with E-state index in [1.165, 1.54) is 13.2 Å². The lowest BCUT2D eigenvalue weighted by atomic mass is 9.99. The number of nitrogens with zero attached hydrogens (tertiary/aromatic N) is 1. The average molecular weight is 211 g/mol. The first-order valence-electron chi connectivity index (χ1n) is 5.19.